The number of methoxy groups -OCH3 is 1. The number of rotatable bonds is 2. The van der Waals surface area contributed by atoms with Crippen molar-refractivity contribution in [3.63, 3.8) is 0 Å². The molecule has 72 valence electrons. The lowest BCUT2D eigenvalue weighted by molar-refractivity contribution is 0.0554. The summed E-state index contributed by atoms with van der Waals surface area (Å²) in [6.45, 7) is 0. The van der Waals surface area contributed by atoms with E-state index in [9.17, 15) is 4.79 Å². The first-order valence-electron chi connectivity index (χ1n) is 3.89. The summed E-state index contributed by atoms with van der Waals surface area (Å²) in [5.41, 5.74) is 1.58. The van der Waals surface area contributed by atoms with Gasteiger partial charge in [0.2, 0.25) is 5.76 Å². The molecule has 0 aromatic carbocycles. The Morgan fingerprint density at radius 1 is 1.64 bits per heavy atom. The number of hydrogen-bond donors (Lipinski definition) is 0. The van der Waals surface area contributed by atoms with Gasteiger partial charge < -0.3 is 9.26 Å². The standard InChI is InChI=1S/C9H7NO3S/c1-12-9(11)8-4-7(10-13-8)6-2-3-14-5-6/h2-5H,1H3. The van der Waals surface area contributed by atoms with Gasteiger partial charge in [-0.15, -0.1) is 0 Å². The molecule has 0 fully saturated rings. The lowest BCUT2D eigenvalue weighted by Crippen LogP contribution is -1.98. The molecule has 0 aliphatic carbocycles. The van der Waals surface area contributed by atoms with Gasteiger partial charge in [0, 0.05) is 17.0 Å². The summed E-state index contributed by atoms with van der Waals surface area (Å²) in [6, 6.07) is 3.47. The van der Waals surface area contributed by atoms with Gasteiger partial charge in [0.15, 0.2) is 0 Å². The molecule has 0 bridgehead atoms. The Hall–Kier alpha value is -1.62. The zero-order valence-electron chi connectivity index (χ0n) is 7.39. The molecular formula is C9H7NO3S. The van der Waals surface area contributed by atoms with E-state index in [2.05, 4.69) is 9.89 Å². The first-order valence-corrected chi connectivity index (χ1v) is 4.83. The molecule has 0 N–H and O–H groups in total. The number of aromatic nitrogens is 1. The Balaban J connectivity index is 2.31. The van der Waals surface area contributed by atoms with Gasteiger partial charge in [-0.25, -0.2) is 4.79 Å². The predicted molar refractivity (Wildman–Crippen MR) is 51.2 cm³/mol. The van der Waals surface area contributed by atoms with E-state index >= 15 is 0 Å². The van der Waals surface area contributed by atoms with Crippen LogP contribution < -0.4 is 0 Å². The number of ether oxygens (including phenoxy) is 1. The van der Waals surface area contributed by atoms with Crippen LogP contribution in [0.25, 0.3) is 11.3 Å². The molecular weight excluding hydrogens is 202 g/mol. The second kappa shape index (κ2) is 3.63. The van der Waals surface area contributed by atoms with Crippen molar-refractivity contribution in [1.82, 2.24) is 5.16 Å². The fourth-order valence-electron chi connectivity index (χ4n) is 1.02. The average molecular weight is 209 g/mol. The van der Waals surface area contributed by atoms with Gasteiger partial charge in [0.25, 0.3) is 0 Å². The third-order valence-electron chi connectivity index (χ3n) is 1.71. The smallest absolute Gasteiger partial charge is 0.376 e. The van der Waals surface area contributed by atoms with Crippen LogP contribution in [0.1, 0.15) is 10.6 Å². The number of nitrogens with zero attached hydrogens (tertiary/aromatic N) is 1. The molecule has 0 aliphatic rings. The molecule has 2 aromatic heterocycles. The van der Waals surface area contributed by atoms with Gasteiger partial charge >= 0.3 is 5.97 Å². The first kappa shape index (κ1) is 8.96. The van der Waals surface area contributed by atoms with Crippen LogP contribution >= 0.6 is 11.3 Å². The van der Waals surface area contributed by atoms with Gasteiger partial charge in [-0.2, -0.15) is 11.3 Å². The fourth-order valence-corrected chi connectivity index (χ4v) is 1.67. The highest BCUT2D eigenvalue weighted by Gasteiger charge is 2.13. The highest BCUT2D eigenvalue weighted by molar-refractivity contribution is 7.08. The van der Waals surface area contributed by atoms with E-state index < -0.39 is 5.97 Å². The summed E-state index contributed by atoms with van der Waals surface area (Å²) < 4.78 is 9.32. The van der Waals surface area contributed by atoms with Gasteiger partial charge in [-0.1, -0.05) is 5.16 Å². The molecule has 0 aliphatic heterocycles. The molecule has 2 heterocycles. The van der Waals surface area contributed by atoms with Crippen molar-refractivity contribution in [3.05, 3.63) is 28.7 Å². The summed E-state index contributed by atoms with van der Waals surface area (Å²) in [5.74, 6) is -0.396. The Bertz CT molecular complexity index is 433. The van der Waals surface area contributed by atoms with Crippen LogP contribution in [-0.4, -0.2) is 18.2 Å². The van der Waals surface area contributed by atoms with Crippen molar-refractivity contribution in [2.45, 2.75) is 0 Å². The quantitative estimate of drug-likeness (QED) is 0.711. The van der Waals surface area contributed by atoms with Crippen molar-refractivity contribution >= 4 is 17.3 Å². The first-order chi connectivity index (χ1) is 6.81. The summed E-state index contributed by atoms with van der Waals surface area (Å²) >= 11 is 1.56. The highest BCUT2D eigenvalue weighted by atomic mass is 32.1. The van der Waals surface area contributed by atoms with Crippen molar-refractivity contribution < 1.29 is 14.1 Å². The Morgan fingerprint density at radius 2 is 2.50 bits per heavy atom. The third-order valence-corrected chi connectivity index (χ3v) is 2.40. The van der Waals surface area contributed by atoms with E-state index in [0.717, 1.165) is 5.56 Å². The second-order valence-corrected chi connectivity index (χ2v) is 3.36. The third kappa shape index (κ3) is 1.54. The van der Waals surface area contributed by atoms with Crippen LogP contribution in [0.4, 0.5) is 0 Å². The van der Waals surface area contributed by atoms with E-state index in [1.807, 2.05) is 16.8 Å². The lowest BCUT2D eigenvalue weighted by Gasteiger charge is -1.88. The Kier molecular flexibility index (Phi) is 2.32. The van der Waals surface area contributed by atoms with Crippen LogP contribution in [-0.2, 0) is 4.74 Å². The molecule has 14 heavy (non-hydrogen) atoms. The van der Waals surface area contributed by atoms with Crippen molar-refractivity contribution in [1.29, 1.82) is 0 Å². The summed E-state index contributed by atoms with van der Waals surface area (Å²) in [7, 11) is 1.30. The molecule has 0 saturated heterocycles. The zero-order valence-corrected chi connectivity index (χ0v) is 8.21. The van der Waals surface area contributed by atoms with Crippen LogP contribution in [0.15, 0.2) is 27.4 Å². The van der Waals surface area contributed by atoms with Gasteiger partial charge in [-0.3, -0.25) is 0 Å². The molecule has 5 heteroatoms. The minimum atomic E-state index is -0.515. The maximum absolute atomic E-state index is 11.0. The number of carbonyl (C=O) groups is 1. The topological polar surface area (TPSA) is 52.3 Å². The van der Waals surface area contributed by atoms with E-state index in [0.29, 0.717) is 5.69 Å². The monoisotopic (exact) mass is 209 g/mol. The van der Waals surface area contributed by atoms with Gasteiger partial charge in [0.05, 0.1) is 7.11 Å². The maximum Gasteiger partial charge on any atom is 0.376 e. The minimum absolute atomic E-state index is 0.119. The average Bonchev–Trinajstić information content (AvgIpc) is 2.86. The number of esters is 1. The van der Waals surface area contributed by atoms with Crippen LogP contribution in [0.2, 0.25) is 0 Å². The number of carbonyl (C=O) groups excluding carboxylic acids is 1. The highest BCUT2D eigenvalue weighted by Crippen LogP contribution is 2.21. The Labute approximate surface area is 84.1 Å². The van der Waals surface area contributed by atoms with Crippen LogP contribution in [0, 0.1) is 0 Å². The SMILES string of the molecule is COC(=O)c1cc(-c2ccsc2)no1. The van der Waals surface area contributed by atoms with E-state index in [4.69, 9.17) is 4.52 Å². The van der Waals surface area contributed by atoms with Crippen LogP contribution in [0.3, 0.4) is 0 Å². The summed E-state index contributed by atoms with van der Waals surface area (Å²) in [4.78, 5) is 11.0. The molecule has 0 amide bonds. The van der Waals surface area contributed by atoms with E-state index in [1.54, 1.807) is 17.4 Å². The molecule has 0 saturated carbocycles. The van der Waals surface area contributed by atoms with Gasteiger partial charge in [-0.05, 0) is 11.4 Å². The molecule has 0 spiro atoms. The number of hydrogen-bond acceptors (Lipinski definition) is 5. The Morgan fingerprint density at radius 3 is 3.14 bits per heavy atom. The lowest BCUT2D eigenvalue weighted by atomic mass is 10.2. The molecule has 2 rings (SSSR count). The second-order valence-electron chi connectivity index (χ2n) is 2.58. The van der Waals surface area contributed by atoms with Crippen LogP contribution in [0.5, 0.6) is 0 Å². The molecule has 0 radical (unpaired) electrons. The summed E-state index contributed by atoms with van der Waals surface area (Å²) in [6.07, 6.45) is 0. The normalized spacial score (nSPS) is 10.1. The largest absolute Gasteiger partial charge is 0.463 e. The molecule has 0 unspecified atom stereocenters. The van der Waals surface area contributed by atoms with Crippen molar-refractivity contribution in [3.8, 4) is 11.3 Å². The van der Waals surface area contributed by atoms with E-state index in [1.165, 1.54) is 7.11 Å². The van der Waals surface area contributed by atoms with E-state index in [-0.39, 0.29) is 5.76 Å². The number of thiophene rings is 1. The molecule has 4 nitrogen and oxygen atoms in total. The predicted octanol–water partition coefficient (Wildman–Crippen LogP) is 2.19. The summed E-state index contributed by atoms with van der Waals surface area (Å²) in [5, 5.41) is 7.62. The zero-order chi connectivity index (χ0) is 9.97. The maximum atomic E-state index is 11.0. The fraction of sp³-hybridized carbons (Fsp3) is 0.111. The minimum Gasteiger partial charge on any atom is -0.463 e. The molecule has 2 aromatic rings. The molecule has 0 atom stereocenters. The van der Waals surface area contributed by atoms with Crippen molar-refractivity contribution in [2.24, 2.45) is 0 Å². The van der Waals surface area contributed by atoms with Crippen molar-refractivity contribution in [2.75, 3.05) is 7.11 Å². The van der Waals surface area contributed by atoms with Gasteiger partial charge in [0.1, 0.15) is 5.69 Å².